The molecule has 0 bridgehead atoms. The zero-order valence-electron chi connectivity index (χ0n) is 14.5. The van der Waals surface area contributed by atoms with Crippen LogP contribution in [-0.4, -0.2) is 0 Å². The van der Waals surface area contributed by atoms with Gasteiger partial charge in [-0.25, -0.2) is 0 Å². The molecule has 5 rings (SSSR count). The summed E-state index contributed by atoms with van der Waals surface area (Å²) in [6.45, 7) is 0. The summed E-state index contributed by atoms with van der Waals surface area (Å²) >= 11 is 8.14. The Labute approximate surface area is 167 Å². The van der Waals surface area contributed by atoms with Crippen molar-refractivity contribution in [1.82, 2.24) is 0 Å². The highest BCUT2D eigenvalue weighted by Gasteiger charge is 2.17. The summed E-state index contributed by atoms with van der Waals surface area (Å²) in [5.41, 5.74) is 3.44. The number of fused-ring (bicyclic) bond motifs is 3. The van der Waals surface area contributed by atoms with Crippen LogP contribution in [0.2, 0.25) is 5.02 Å². The van der Waals surface area contributed by atoms with Gasteiger partial charge in [-0.1, -0.05) is 54.1 Å². The van der Waals surface area contributed by atoms with E-state index in [9.17, 15) is 0 Å². The lowest BCUT2D eigenvalue weighted by Crippen LogP contribution is -2.09. The summed E-state index contributed by atoms with van der Waals surface area (Å²) < 4.78 is 2.52. The fourth-order valence-corrected chi connectivity index (χ4v) is 4.83. The number of halogens is 1. The van der Waals surface area contributed by atoms with Crippen LogP contribution in [0.3, 0.4) is 0 Å². The number of benzene rings is 4. The Kier molecular flexibility index (Phi) is 4.08. The van der Waals surface area contributed by atoms with Crippen molar-refractivity contribution in [3.8, 4) is 0 Å². The van der Waals surface area contributed by atoms with Crippen LogP contribution in [-0.2, 0) is 0 Å². The lowest BCUT2D eigenvalue weighted by atomic mass is 10.1. The van der Waals surface area contributed by atoms with Gasteiger partial charge in [-0.3, -0.25) is 0 Å². The van der Waals surface area contributed by atoms with Crippen LogP contribution in [0.5, 0.6) is 0 Å². The zero-order chi connectivity index (χ0) is 18.2. The highest BCUT2D eigenvalue weighted by atomic mass is 35.5. The summed E-state index contributed by atoms with van der Waals surface area (Å²) in [7, 11) is 0. The van der Waals surface area contributed by atoms with E-state index < -0.39 is 0 Å². The topological polar surface area (TPSA) is 3.24 Å². The maximum absolute atomic E-state index is 6.33. The Balaban J connectivity index is 1.86. The minimum Gasteiger partial charge on any atom is -0.310 e. The average molecular weight is 386 g/mol. The molecular formula is C24H16ClNS. The first kappa shape index (κ1) is 16.4. The minimum absolute atomic E-state index is 0.767. The maximum atomic E-state index is 6.33. The summed E-state index contributed by atoms with van der Waals surface area (Å²) in [4.78, 5) is 2.31. The highest BCUT2D eigenvalue weighted by molar-refractivity contribution is 7.26. The Morgan fingerprint density at radius 1 is 0.630 bits per heavy atom. The first-order valence-electron chi connectivity index (χ1n) is 8.82. The highest BCUT2D eigenvalue weighted by Crippen LogP contribution is 2.44. The fraction of sp³-hybridized carbons (Fsp3) is 0. The van der Waals surface area contributed by atoms with Crippen LogP contribution in [0.25, 0.3) is 20.2 Å². The number of thiophene rings is 1. The number of nitrogens with zero attached hydrogens (tertiary/aromatic N) is 1. The van der Waals surface area contributed by atoms with Crippen molar-refractivity contribution in [2.45, 2.75) is 0 Å². The van der Waals surface area contributed by atoms with Gasteiger partial charge in [-0.05, 0) is 54.6 Å². The number of hydrogen-bond acceptors (Lipinski definition) is 2. The fourth-order valence-electron chi connectivity index (χ4n) is 3.55. The molecule has 0 radical (unpaired) electrons. The van der Waals surface area contributed by atoms with Crippen molar-refractivity contribution in [2.24, 2.45) is 0 Å². The van der Waals surface area contributed by atoms with E-state index in [-0.39, 0.29) is 0 Å². The van der Waals surface area contributed by atoms with Gasteiger partial charge in [-0.15, -0.1) is 11.3 Å². The second kappa shape index (κ2) is 6.73. The third-order valence-corrected chi connectivity index (χ3v) is 6.08. The maximum Gasteiger partial charge on any atom is 0.0554 e. The van der Waals surface area contributed by atoms with Crippen molar-refractivity contribution in [2.75, 3.05) is 4.90 Å². The Hall–Kier alpha value is -2.81. The molecule has 0 aliphatic heterocycles. The first-order valence-corrected chi connectivity index (χ1v) is 10.0. The third kappa shape index (κ3) is 2.87. The number of rotatable bonds is 3. The zero-order valence-corrected chi connectivity index (χ0v) is 16.0. The van der Waals surface area contributed by atoms with Crippen molar-refractivity contribution < 1.29 is 0 Å². The predicted molar refractivity (Wildman–Crippen MR) is 119 cm³/mol. The molecule has 27 heavy (non-hydrogen) atoms. The summed E-state index contributed by atoms with van der Waals surface area (Å²) in [6.07, 6.45) is 0. The molecule has 0 atom stereocenters. The van der Waals surface area contributed by atoms with Crippen LogP contribution < -0.4 is 4.90 Å². The van der Waals surface area contributed by atoms with Crippen molar-refractivity contribution in [3.05, 3.63) is 102 Å². The van der Waals surface area contributed by atoms with E-state index in [2.05, 4.69) is 83.8 Å². The van der Waals surface area contributed by atoms with Crippen LogP contribution in [0.15, 0.2) is 97.1 Å². The lowest BCUT2D eigenvalue weighted by molar-refractivity contribution is 1.30. The van der Waals surface area contributed by atoms with Gasteiger partial charge >= 0.3 is 0 Å². The monoisotopic (exact) mass is 385 g/mol. The largest absolute Gasteiger partial charge is 0.310 e. The summed E-state index contributed by atoms with van der Waals surface area (Å²) in [5.74, 6) is 0. The number of hydrogen-bond donors (Lipinski definition) is 0. The molecule has 1 heterocycles. The molecule has 5 aromatic rings. The van der Waals surface area contributed by atoms with E-state index in [0.717, 1.165) is 16.4 Å². The van der Waals surface area contributed by atoms with E-state index >= 15 is 0 Å². The Morgan fingerprint density at radius 3 is 1.96 bits per heavy atom. The molecule has 1 nitrogen and oxygen atoms in total. The van der Waals surface area contributed by atoms with Crippen molar-refractivity contribution in [1.29, 1.82) is 0 Å². The van der Waals surface area contributed by atoms with Gasteiger partial charge < -0.3 is 4.90 Å². The molecular weight excluding hydrogens is 370 g/mol. The van der Waals surface area contributed by atoms with E-state index in [0.29, 0.717) is 0 Å². The van der Waals surface area contributed by atoms with Crippen LogP contribution in [0.4, 0.5) is 17.1 Å². The average Bonchev–Trinajstić information content (AvgIpc) is 3.08. The first-order chi connectivity index (χ1) is 13.3. The second-order valence-corrected chi connectivity index (χ2v) is 7.92. The number of para-hydroxylation sites is 2. The Morgan fingerprint density at radius 2 is 1.30 bits per heavy atom. The lowest BCUT2D eigenvalue weighted by Gasteiger charge is -2.26. The summed E-state index contributed by atoms with van der Waals surface area (Å²) in [6, 6.07) is 33.7. The predicted octanol–water partition coefficient (Wildman–Crippen LogP) is 8.18. The normalized spacial score (nSPS) is 11.1. The molecule has 0 unspecified atom stereocenters. The molecule has 130 valence electrons. The van der Waals surface area contributed by atoms with Gasteiger partial charge in [-0.2, -0.15) is 0 Å². The molecule has 1 aromatic heterocycles. The Bertz CT molecular complexity index is 1190. The van der Waals surface area contributed by atoms with Crippen molar-refractivity contribution >= 4 is 60.2 Å². The number of anilines is 3. The molecule has 0 saturated heterocycles. The molecule has 3 heteroatoms. The molecule has 0 amide bonds. The quantitative estimate of drug-likeness (QED) is 0.302. The molecule has 0 aliphatic carbocycles. The van der Waals surface area contributed by atoms with Crippen LogP contribution in [0.1, 0.15) is 0 Å². The van der Waals surface area contributed by atoms with Crippen LogP contribution in [0, 0.1) is 0 Å². The van der Waals surface area contributed by atoms with E-state index in [1.54, 1.807) is 0 Å². The van der Waals surface area contributed by atoms with Crippen LogP contribution >= 0.6 is 22.9 Å². The van der Waals surface area contributed by atoms with E-state index in [1.807, 2.05) is 29.5 Å². The third-order valence-electron chi connectivity index (χ3n) is 4.70. The van der Waals surface area contributed by atoms with E-state index in [1.165, 1.54) is 25.9 Å². The molecule has 0 N–H and O–H groups in total. The van der Waals surface area contributed by atoms with Gasteiger partial charge in [0.2, 0.25) is 0 Å². The van der Waals surface area contributed by atoms with E-state index in [4.69, 9.17) is 11.6 Å². The van der Waals surface area contributed by atoms with Gasteiger partial charge in [0.15, 0.2) is 0 Å². The SMILES string of the molecule is Clc1ccc2sc3cccc(N(c4ccccc4)c4ccccc4)c3c2c1. The molecule has 0 spiro atoms. The van der Waals surface area contributed by atoms with Gasteiger partial charge in [0.05, 0.1) is 5.69 Å². The molecule has 0 saturated carbocycles. The van der Waals surface area contributed by atoms with Crippen molar-refractivity contribution in [3.63, 3.8) is 0 Å². The van der Waals surface area contributed by atoms with Gasteiger partial charge in [0.25, 0.3) is 0 Å². The minimum atomic E-state index is 0.767. The molecule has 0 aliphatic rings. The second-order valence-electron chi connectivity index (χ2n) is 6.40. The van der Waals surface area contributed by atoms with Gasteiger partial charge in [0.1, 0.15) is 0 Å². The smallest absolute Gasteiger partial charge is 0.0554 e. The molecule has 0 fully saturated rings. The standard InChI is InChI=1S/C24H16ClNS/c25-17-14-15-22-20(16-17)24-21(12-7-13-23(24)27-22)26(18-8-3-1-4-9-18)19-10-5-2-6-11-19/h1-16H. The molecule has 4 aromatic carbocycles. The summed E-state index contributed by atoms with van der Waals surface area (Å²) in [5, 5.41) is 3.21. The van der Waals surface area contributed by atoms with Gasteiger partial charge in [0, 0.05) is 36.6 Å².